The number of benzene rings is 2. The van der Waals surface area contributed by atoms with Crippen LogP contribution in [-0.2, 0) is 9.59 Å². The number of carbonyl (C=O) groups is 2. The highest BCUT2D eigenvalue weighted by Gasteiger charge is 2.45. The molecule has 1 amide bonds. The van der Waals surface area contributed by atoms with Crippen molar-refractivity contribution in [1.82, 2.24) is 5.32 Å². The molecule has 0 aromatic heterocycles. The summed E-state index contributed by atoms with van der Waals surface area (Å²) in [6.45, 7) is 3.36. The normalized spacial score (nSPS) is 22.3. The molecule has 0 spiro atoms. The number of fused-ring (bicyclic) bond motifs is 1. The molecule has 120 valence electrons. The molecule has 0 saturated heterocycles. The average molecular weight is 311 g/mol. The fourth-order valence-corrected chi connectivity index (χ4v) is 3.07. The molecular formula is C19H21NO3. The lowest BCUT2D eigenvalue weighted by atomic mass is 9.99. The molecule has 0 heterocycles. The van der Waals surface area contributed by atoms with Gasteiger partial charge in [-0.25, -0.2) is 0 Å². The van der Waals surface area contributed by atoms with E-state index in [1.54, 1.807) is 13.8 Å². The zero-order valence-corrected chi connectivity index (χ0v) is 13.3. The largest absolute Gasteiger partial charge is 0.481 e. The van der Waals surface area contributed by atoms with Gasteiger partial charge in [-0.15, -0.1) is 0 Å². The third kappa shape index (κ3) is 3.07. The van der Waals surface area contributed by atoms with Gasteiger partial charge in [-0.1, -0.05) is 42.5 Å². The van der Waals surface area contributed by atoms with Gasteiger partial charge in [-0.2, -0.15) is 0 Å². The molecule has 1 aliphatic rings. The van der Waals surface area contributed by atoms with Crippen LogP contribution in [0.15, 0.2) is 42.5 Å². The van der Waals surface area contributed by atoms with Crippen molar-refractivity contribution in [2.45, 2.75) is 32.2 Å². The fourth-order valence-electron chi connectivity index (χ4n) is 3.07. The van der Waals surface area contributed by atoms with Crippen LogP contribution in [0.25, 0.3) is 10.8 Å². The first kappa shape index (κ1) is 15.5. The highest BCUT2D eigenvalue weighted by atomic mass is 16.4. The van der Waals surface area contributed by atoms with Crippen molar-refractivity contribution < 1.29 is 14.7 Å². The molecule has 4 heteroatoms. The molecule has 1 aliphatic carbocycles. The summed E-state index contributed by atoms with van der Waals surface area (Å²) in [7, 11) is 0. The summed E-state index contributed by atoms with van der Waals surface area (Å²) >= 11 is 0. The Kier molecular flexibility index (Phi) is 4.07. The third-order valence-electron chi connectivity index (χ3n) is 4.86. The van der Waals surface area contributed by atoms with Gasteiger partial charge in [-0.3, -0.25) is 9.59 Å². The van der Waals surface area contributed by atoms with E-state index in [0.717, 1.165) is 6.42 Å². The van der Waals surface area contributed by atoms with Gasteiger partial charge in [0.05, 0.1) is 5.92 Å². The number of amides is 1. The molecule has 23 heavy (non-hydrogen) atoms. The van der Waals surface area contributed by atoms with Crippen molar-refractivity contribution in [3.8, 4) is 0 Å². The SMILES string of the molecule is CC(NC(=O)C1CC1c1cccc2ccccc12)C(C)C(=O)O. The Morgan fingerprint density at radius 2 is 1.83 bits per heavy atom. The monoisotopic (exact) mass is 311 g/mol. The van der Waals surface area contributed by atoms with Gasteiger partial charge in [0, 0.05) is 12.0 Å². The first-order chi connectivity index (χ1) is 11.0. The fraction of sp³-hybridized carbons (Fsp3) is 0.368. The van der Waals surface area contributed by atoms with E-state index in [9.17, 15) is 9.59 Å². The molecule has 2 aromatic rings. The Morgan fingerprint density at radius 1 is 1.13 bits per heavy atom. The number of carbonyl (C=O) groups excluding carboxylic acids is 1. The predicted octanol–water partition coefficient (Wildman–Crippen LogP) is 3.17. The maximum absolute atomic E-state index is 12.4. The maximum atomic E-state index is 12.4. The number of hydrogen-bond donors (Lipinski definition) is 2. The summed E-state index contributed by atoms with van der Waals surface area (Å²) in [5.41, 5.74) is 1.21. The Balaban J connectivity index is 1.71. The van der Waals surface area contributed by atoms with E-state index in [1.165, 1.54) is 16.3 Å². The van der Waals surface area contributed by atoms with E-state index in [2.05, 4.69) is 29.6 Å². The highest BCUT2D eigenvalue weighted by molar-refractivity contribution is 5.89. The lowest BCUT2D eigenvalue weighted by Crippen LogP contribution is -2.40. The van der Waals surface area contributed by atoms with Crippen LogP contribution < -0.4 is 5.32 Å². The van der Waals surface area contributed by atoms with E-state index in [-0.39, 0.29) is 23.8 Å². The lowest BCUT2D eigenvalue weighted by Gasteiger charge is -2.17. The molecule has 4 unspecified atom stereocenters. The molecule has 0 bridgehead atoms. The van der Waals surface area contributed by atoms with Gasteiger partial charge < -0.3 is 10.4 Å². The van der Waals surface area contributed by atoms with Crippen LogP contribution in [0.4, 0.5) is 0 Å². The molecular weight excluding hydrogens is 290 g/mol. The van der Waals surface area contributed by atoms with Crippen LogP contribution in [0, 0.1) is 11.8 Å². The molecule has 0 radical (unpaired) electrons. The van der Waals surface area contributed by atoms with E-state index in [1.807, 2.05) is 18.2 Å². The van der Waals surface area contributed by atoms with E-state index < -0.39 is 11.9 Å². The number of aliphatic carboxylic acids is 1. The van der Waals surface area contributed by atoms with Crippen LogP contribution in [-0.4, -0.2) is 23.0 Å². The van der Waals surface area contributed by atoms with Crippen LogP contribution in [0.3, 0.4) is 0 Å². The minimum Gasteiger partial charge on any atom is -0.481 e. The Labute approximate surface area is 135 Å². The van der Waals surface area contributed by atoms with Crippen molar-refractivity contribution in [3.63, 3.8) is 0 Å². The van der Waals surface area contributed by atoms with Gasteiger partial charge in [0.1, 0.15) is 0 Å². The summed E-state index contributed by atoms with van der Waals surface area (Å²) in [4.78, 5) is 23.3. The van der Waals surface area contributed by atoms with Crippen molar-refractivity contribution >= 4 is 22.6 Å². The standard InChI is InChI=1S/C19H21NO3/c1-11(19(22)23)12(2)20-18(21)17-10-16(17)15-9-5-7-13-6-3-4-8-14(13)15/h3-9,11-12,16-17H,10H2,1-2H3,(H,20,21)(H,22,23). The highest BCUT2D eigenvalue weighted by Crippen LogP contribution is 2.49. The first-order valence-corrected chi connectivity index (χ1v) is 8.00. The lowest BCUT2D eigenvalue weighted by molar-refractivity contribution is -0.142. The quantitative estimate of drug-likeness (QED) is 0.891. The summed E-state index contributed by atoms with van der Waals surface area (Å²) < 4.78 is 0. The zero-order chi connectivity index (χ0) is 16.6. The summed E-state index contributed by atoms with van der Waals surface area (Å²) in [5, 5.41) is 14.2. The second kappa shape index (κ2) is 6.03. The number of carboxylic acid groups (broad SMARTS) is 1. The first-order valence-electron chi connectivity index (χ1n) is 8.00. The third-order valence-corrected chi connectivity index (χ3v) is 4.86. The summed E-state index contributed by atoms with van der Waals surface area (Å²) in [5.74, 6) is -1.34. The molecule has 2 N–H and O–H groups in total. The number of carboxylic acids is 1. The van der Waals surface area contributed by atoms with E-state index in [4.69, 9.17) is 5.11 Å². The van der Waals surface area contributed by atoms with Gasteiger partial charge in [0.2, 0.25) is 5.91 Å². The van der Waals surface area contributed by atoms with Crippen LogP contribution in [0.2, 0.25) is 0 Å². The van der Waals surface area contributed by atoms with Gasteiger partial charge >= 0.3 is 5.97 Å². The zero-order valence-electron chi connectivity index (χ0n) is 13.3. The average Bonchev–Trinajstić information content (AvgIpc) is 3.34. The number of hydrogen-bond acceptors (Lipinski definition) is 2. The molecule has 2 aromatic carbocycles. The Morgan fingerprint density at radius 3 is 2.57 bits per heavy atom. The molecule has 0 aliphatic heterocycles. The topological polar surface area (TPSA) is 66.4 Å². The molecule has 4 atom stereocenters. The van der Waals surface area contributed by atoms with E-state index >= 15 is 0 Å². The Hall–Kier alpha value is -2.36. The summed E-state index contributed by atoms with van der Waals surface area (Å²) in [6.07, 6.45) is 0.827. The molecule has 1 saturated carbocycles. The van der Waals surface area contributed by atoms with Crippen LogP contribution in [0.1, 0.15) is 31.7 Å². The van der Waals surface area contributed by atoms with Gasteiger partial charge in [-0.05, 0) is 42.5 Å². The number of rotatable bonds is 5. The molecule has 4 nitrogen and oxygen atoms in total. The van der Waals surface area contributed by atoms with Crippen molar-refractivity contribution in [3.05, 3.63) is 48.0 Å². The minimum atomic E-state index is -0.890. The second-order valence-electron chi connectivity index (χ2n) is 6.44. The Bertz CT molecular complexity index is 750. The van der Waals surface area contributed by atoms with Crippen LogP contribution in [0.5, 0.6) is 0 Å². The maximum Gasteiger partial charge on any atom is 0.308 e. The van der Waals surface area contributed by atoms with Crippen molar-refractivity contribution in [1.29, 1.82) is 0 Å². The van der Waals surface area contributed by atoms with Crippen molar-refractivity contribution in [2.24, 2.45) is 11.8 Å². The molecule has 3 rings (SSSR count). The number of nitrogens with one attached hydrogen (secondary N) is 1. The predicted molar refractivity (Wildman–Crippen MR) is 89.2 cm³/mol. The van der Waals surface area contributed by atoms with Crippen molar-refractivity contribution in [2.75, 3.05) is 0 Å². The smallest absolute Gasteiger partial charge is 0.308 e. The minimum absolute atomic E-state index is 0.0384. The molecule has 1 fully saturated rings. The summed E-state index contributed by atoms with van der Waals surface area (Å²) in [6, 6.07) is 14.0. The van der Waals surface area contributed by atoms with E-state index in [0.29, 0.717) is 0 Å². The second-order valence-corrected chi connectivity index (χ2v) is 6.44. The van der Waals surface area contributed by atoms with Crippen LogP contribution >= 0.6 is 0 Å². The van der Waals surface area contributed by atoms with Gasteiger partial charge in [0.15, 0.2) is 0 Å². The van der Waals surface area contributed by atoms with Gasteiger partial charge in [0.25, 0.3) is 0 Å².